The van der Waals surface area contributed by atoms with Crippen molar-refractivity contribution in [3.8, 4) is 11.1 Å². The number of rotatable bonds is 5. The van der Waals surface area contributed by atoms with Crippen molar-refractivity contribution in [1.82, 2.24) is 4.57 Å². The molecule has 3 nitrogen and oxygen atoms in total. The van der Waals surface area contributed by atoms with Crippen LogP contribution in [-0.2, 0) is 17.9 Å². The summed E-state index contributed by atoms with van der Waals surface area (Å²) in [6, 6.07) is 15.1. The fourth-order valence-electron chi connectivity index (χ4n) is 3.27. The Hall–Kier alpha value is -2.44. The quantitative estimate of drug-likeness (QED) is 0.308. The van der Waals surface area contributed by atoms with Crippen LogP contribution in [0.1, 0.15) is 52.8 Å². The largest absolute Gasteiger partial charge is 0.591 e. The van der Waals surface area contributed by atoms with Gasteiger partial charge >= 0.3 is 0 Å². The standard InChI is InChI=1S/C26H30F2N2OS/c1-25(2,3)24(29-32(31)26(4,5)6)23-14-19(21-15-20(27)12-13-22(21)28)17-30(23)16-18-10-8-7-9-11-18/h7-15,17H,16H2,1-6H3. The lowest BCUT2D eigenvalue weighted by molar-refractivity contribution is 0.555. The fourth-order valence-corrected chi connectivity index (χ4v) is 4.08. The SMILES string of the molecule is CC(C)(C)C(=N[S+]([O-])C(C)(C)C)c1cc(-c2cc(F)ccc2F)cn1Cc1ccccc1. The Kier molecular flexibility index (Phi) is 6.96. The molecule has 0 aliphatic rings. The van der Waals surface area contributed by atoms with Crippen molar-refractivity contribution in [3.05, 3.63) is 83.7 Å². The first-order valence-electron chi connectivity index (χ1n) is 10.6. The first-order valence-corrected chi connectivity index (χ1v) is 11.7. The highest BCUT2D eigenvalue weighted by Gasteiger charge is 2.33. The molecule has 6 heteroatoms. The molecule has 3 aromatic rings. The van der Waals surface area contributed by atoms with Crippen LogP contribution < -0.4 is 0 Å². The van der Waals surface area contributed by atoms with Crippen LogP contribution in [-0.4, -0.2) is 19.6 Å². The molecule has 1 heterocycles. The van der Waals surface area contributed by atoms with E-state index >= 15 is 0 Å². The average Bonchev–Trinajstić information content (AvgIpc) is 3.09. The number of benzene rings is 2. The van der Waals surface area contributed by atoms with Gasteiger partial charge in [0, 0.05) is 29.3 Å². The monoisotopic (exact) mass is 456 g/mol. The van der Waals surface area contributed by atoms with Crippen LogP contribution in [0.15, 0.2) is 65.2 Å². The zero-order valence-corrected chi connectivity index (χ0v) is 20.3. The van der Waals surface area contributed by atoms with Crippen molar-refractivity contribution in [2.45, 2.75) is 52.8 Å². The normalized spacial score (nSPS) is 14.0. The molecule has 0 saturated carbocycles. The van der Waals surface area contributed by atoms with Crippen molar-refractivity contribution in [2.24, 2.45) is 9.81 Å². The predicted octanol–water partition coefficient (Wildman–Crippen LogP) is 6.78. The second-order valence-corrected chi connectivity index (χ2v) is 11.8. The fraction of sp³-hybridized carbons (Fsp3) is 0.346. The van der Waals surface area contributed by atoms with Gasteiger partial charge in [0.05, 0.1) is 5.69 Å². The first kappa shape index (κ1) is 24.2. The van der Waals surface area contributed by atoms with Gasteiger partial charge in [0.25, 0.3) is 0 Å². The topological polar surface area (TPSA) is 40.4 Å². The third kappa shape index (κ3) is 5.67. The molecule has 0 fully saturated rings. The third-order valence-corrected chi connectivity index (χ3v) is 6.38. The summed E-state index contributed by atoms with van der Waals surface area (Å²) in [5.74, 6) is -1.00. The Morgan fingerprint density at radius 1 is 0.969 bits per heavy atom. The first-order chi connectivity index (χ1) is 14.9. The van der Waals surface area contributed by atoms with Gasteiger partial charge in [-0.15, -0.1) is 0 Å². The maximum absolute atomic E-state index is 14.6. The number of halogens is 2. The van der Waals surface area contributed by atoms with Crippen LogP contribution in [0.4, 0.5) is 8.78 Å². The highest BCUT2D eigenvalue weighted by molar-refractivity contribution is 7.91. The zero-order chi connectivity index (χ0) is 23.7. The summed E-state index contributed by atoms with van der Waals surface area (Å²) in [7, 11) is 0. The average molecular weight is 457 g/mol. The summed E-state index contributed by atoms with van der Waals surface area (Å²) in [5, 5.41) is 0. The lowest BCUT2D eigenvalue weighted by Gasteiger charge is -2.25. The molecule has 1 atom stereocenters. The smallest absolute Gasteiger partial charge is 0.144 e. The van der Waals surface area contributed by atoms with Crippen LogP contribution >= 0.6 is 0 Å². The van der Waals surface area contributed by atoms with E-state index in [0.717, 1.165) is 23.4 Å². The van der Waals surface area contributed by atoms with E-state index in [-0.39, 0.29) is 5.56 Å². The van der Waals surface area contributed by atoms with Crippen molar-refractivity contribution >= 4 is 17.1 Å². The van der Waals surface area contributed by atoms with Gasteiger partial charge in [0.1, 0.15) is 33.5 Å². The van der Waals surface area contributed by atoms with E-state index in [4.69, 9.17) is 0 Å². The van der Waals surface area contributed by atoms with Crippen molar-refractivity contribution in [2.75, 3.05) is 0 Å². The summed E-state index contributed by atoms with van der Waals surface area (Å²) in [5.41, 5.74) is 2.75. The van der Waals surface area contributed by atoms with Gasteiger partial charge in [-0.05, 0) is 50.6 Å². The number of hydrogen-bond acceptors (Lipinski definition) is 2. The molecule has 3 rings (SSSR count). The second-order valence-electron chi connectivity index (χ2n) is 9.90. The lowest BCUT2D eigenvalue weighted by Crippen LogP contribution is -2.31. The minimum atomic E-state index is -1.47. The van der Waals surface area contributed by atoms with E-state index in [1.807, 2.05) is 82.5 Å². The molecular formula is C26H30F2N2OS. The van der Waals surface area contributed by atoms with Crippen LogP contribution in [0, 0.1) is 17.0 Å². The van der Waals surface area contributed by atoms with Gasteiger partial charge < -0.3 is 9.12 Å². The molecule has 0 bridgehead atoms. The molecule has 170 valence electrons. The van der Waals surface area contributed by atoms with Gasteiger partial charge in [-0.2, -0.15) is 0 Å². The van der Waals surface area contributed by atoms with Crippen LogP contribution in [0.3, 0.4) is 0 Å². The van der Waals surface area contributed by atoms with Gasteiger partial charge in [0.15, 0.2) is 0 Å². The lowest BCUT2D eigenvalue weighted by atomic mass is 9.88. The minimum Gasteiger partial charge on any atom is -0.591 e. The molecule has 0 N–H and O–H groups in total. The van der Waals surface area contributed by atoms with E-state index in [0.29, 0.717) is 17.8 Å². The number of nitrogens with zero attached hydrogens (tertiary/aromatic N) is 2. The molecule has 0 aliphatic heterocycles. The highest BCUT2D eigenvalue weighted by Crippen LogP contribution is 2.32. The van der Waals surface area contributed by atoms with Crippen LogP contribution in [0.5, 0.6) is 0 Å². The summed E-state index contributed by atoms with van der Waals surface area (Å²) in [6.07, 6.45) is 1.81. The minimum absolute atomic E-state index is 0.184. The van der Waals surface area contributed by atoms with E-state index in [2.05, 4.69) is 4.40 Å². The Morgan fingerprint density at radius 3 is 2.22 bits per heavy atom. The maximum atomic E-state index is 14.6. The van der Waals surface area contributed by atoms with E-state index in [1.54, 1.807) is 6.20 Å². The number of hydrogen-bond donors (Lipinski definition) is 0. The molecule has 0 amide bonds. The Balaban J connectivity index is 2.22. The third-order valence-electron chi connectivity index (χ3n) is 4.98. The van der Waals surface area contributed by atoms with Gasteiger partial charge in [-0.3, -0.25) is 0 Å². The molecule has 1 unspecified atom stereocenters. The number of aromatic nitrogens is 1. The molecule has 0 spiro atoms. The van der Waals surface area contributed by atoms with E-state index < -0.39 is 33.2 Å². The van der Waals surface area contributed by atoms with Crippen LogP contribution in [0.25, 0.3) is 11.1 Å². The highest BCUT2D eigenvalue weighted by atomic mass is 32.2. The summed E-state index contributed by atoms with van der Waals surface area (Å²) < 4.78 is 47.5. The van der Waals surface area contributed by atoms with Gasteiger partial charge in [-0.25, -0.2) is 8.78 Å². The molecular weight excluding hydrogens is 426 g/mol. The van der Waals surface area contributed by atoms with Gasteiger partial charge in [-0.1, -0.05) is 55.5 Å². The van der Waals surface area contributed by atoms with E-state index in [1.165, 1.54) is 6.07 Å². The summed E-state index contributed by atoms with van der Waals surface area (Å²) in [6.45, 7) is 12.2. The molecule has 2 aromatic carbocycles. The Labute approximate surface area is 192 Å². The molecule has 0 saturated heterocycles. The van der Waals surface area contributed by atoms with E-state index in [9.17, 15) is 13.3 Å². The summed E-state index contributed by atoms with van der Waals surface area (Å²) >= 11 is -1.47. The van der Waals surface area contributed by atoms with Gasteiger partial charge in [0.2, 0.25) is 0 Å². The summed E-state index contributed by atoms with van der Waals surface area (Å²) in [4.78, 5) is 0. The molecule has 32 heavy (non-hydrogen) atoms. The van der Waals surface area contributed by atoms with Crippen molar-refractivity contribution in [3.63, 3.8) is 0 Å². The van der Waals surface area contributed by atoms with Crippen molar-refractivity contribution in [1.29, 1.82) is 0 Å². The molecule has 0 radical (unpaired) electrons. The Bertz CT molecular complexity index is 1110. The maximum Gasteiger partial charge on any atom is 0.144 e. The molecule has 0 aliphatic carbocycles. The Morgan fingerprint density at radius 2 is 1.62 bits per heavy atom. The predicted molar refractivity (Wildman–Crippen MR) is 129 cm³/mol. The van der Waals surface area contributed by atoms with Crippen LogP contribution in [0.2, 0.25) is 0 Å². The van der Waals surface area contributed by atoms with Crippen molar-refractivity contribution < 1.29 is 13.3 Å². The second kappa shape index (κ2) is 9.20. The zero-order valence-electron chi connectivity index (χ0n) is 19.4. The molecule has 1 aromatic heterocycles.